The zero-order valence-electron chi connectivity index (χ0n) is 11.0. The van der Waals surface area contributed by atoms with E-state index in [1.807, 2.05) is 0 Å². The minimum Gasteiger partial charge on any atom is -0.396 e. The molecule has 6 heteroatoms. The first kappa shape index (κ1) is 15.3. The lowest BCUT2D eigenvalue weighted by atomic mass is 9.91. The summed E-state index contributed by atoms with van der Waals surface area (Å²) in [4.78, 5) is 4.23. The summed E-state index contributed by atoms with van der Waals surface area (Å²) < 4.78 is 36.9. The molecule has 0 saturated heterocycles. The van der Waals surface area contributed by atoms with Gasteiger partial charge in [0.2, 0.25) is 0 Å². The van der Waals surface area contributed by atoms with Crippen molar-refractivity contribution in [1.82, 2.24) is 0 Å². The second-order valence-electron chi connectivity index (χ2n) is 5.46. The van der Waals surface area contributed by atoms with Crippen LogP contribution in [0.3, 0.4) is 0 Å². The van der Waals surface area contributed by atoms with Gasteiger partial charge in [0.1, 0.15) is 4.75 Å². The summed E-state index contributed by atoms with van der Waals surface area (Å²) in [5, 5.41) is 8.15. The predicted octanol–water partition coefficient (Wildman–Crippen LogP) is 1.65. The van der Waals surface area contributed by atoms with Gasteiger partial charge in [-0.25, -0.2) is 12.8 Å². The van der Waals surface area contributed by atoms with Crippen molar-refractivity contribution in [2.45, 2.75) is 49.1 Å². The van der Waals surface area contributed by atoms with Crippen molar-refractivity contribution in [2.24, 2.45) is 4.99 Å². The molecule has 18 heavy (non-hydrogen) atoms. The van der Waals surface area contributed by atoms with E-state index in [0.29, 0.717) is 0 Å². The summed E-state index contributed by atoms with van der Waals surface area (Å²) >= 11 is 0. The van der Waals surface area contributed by atoms with Crippen LogP contribution >= 0.6 is 0 Å². The maximum atomic E-state index is 13.1. The largest absolute Gasteiger partial charge is 0.396 e. The van der Waals surface area contributed by atoms with E-state index in [0.717, 1.165) is 0 Å². The first-order valence-electron chi connectivity index (χ1n) is 5.81. The van der Waals surface area contributed by atoms with E-state index < -0.39 is 31.2 Å². The number of hydrogen-bond donors (Lipinski definition) is 1. The molecule has 0 saturated carbocycles. The van der Waals surface area contributed by atoms with E-state index in [2.05, 4.69) is 11.6 Å². The Labute approximate surface area is 108 Å². The van der Waals surface area contributed by atoms with Crippen molar-refractivity contribution in [2.75, 3.05) is 6.61 Å². The number of rotatable bonds is 4. The van der Waals surface area contributed by atoms with Crippen LogP contribution in [0.4, 0.5) is 4.39 Å². The Morgan fingerprint density at radius 3 is 2.50 bits per heavy atom. The summed E-state index contributed by atoms with van der Waals surface area (Å²) in [5.74, 6) is -0.604. The van der Waals surface area contributed by atoms with Crippen molar-refractivity contribution < 1.29 is 17.9 Å². The quantitative estimate of drug-likeness (QED) is 0.849. The summed E-state index contributed by atoms with van der Waals surface area (Å²) in [7, 11) is -3.53. The molecule has 0 aromatic heterocycles. The Kier molecular flexibility index (Phi) is 4.03. The van der Waals surface area contributed by atoms with Gasteiger partial charge < -0.3 is 5.11 Å². The first-order chi connectivity index (χ1) is 8.07. The average Bonchev–Trinajstić information content (AvgIpc) is 2.20. The van der Waals surface area contributed by atoms with E-state index in [1.165, 1.54) is 6.21 Å². The molecule has 1 unspecified atom stereocenters. The Bertz CT molecular complexity index is 470. The first-order valence-corrected chi connectivity index (χ1v) is 7.35. The van der Waals surface area contributed by atoms with Crippen LogP contribution in [-0.2, 0) is 9.84 Å². The zero-order chi connectivity index (χ0) is 14.2. The summed E-state index contributed by atoms with van der Waals surface area (Å²) in [5.41, 5.74) is -1.09. The molecule has 0 aromatic rings. The van der Waals surface area contributed by atoms with Crippen LogP contribution in [0.5, 0.6) is 0 Å². The molecule has 1 rings (SSSR count). The smallest absolute Gasteiger partial charge is 0.165 e. The van der Waals surface area contributed by atoms with Crippen LogP contribution in [0.25, 0.3) is 0 Å². The predicted molar refractivity (Wildman–Crippen MR) is 70.3 cm³/mol. The van der Waals surface area contributed by atoms with Gasteiger partial charge in [-0.3, -0.25) is 4.99 Å². The molecule has 1 N–H and O–H groups in total. The number of nitrogens with zero attached hydrogens (tertiary/aromatic N) is 1. The molecule has 0 amide bonds. The Morgan fingerprint density at radius 2 is 2.06 bits per heavy atom. The normalized spacial score (nSPS) is 33.3. The van der Waals surface area contributed by atoms with Crippen LogP contribution in [0.2, 0.25) is 0 Å². The van der Waals surface area contributed by atoms with Gasteiger partial charge in [-0.15, -0.1) is 0 Å². The maximum Gasteiger partial charge on any atom is 0.165 e. The fourth-order valence-corrected chi connectivity index (χ4v) is 4.45. The zero-order valence-corrected chi connectivity index (χ0v) is 11.8. The molecule has 2 atom stereocenters. The molecule has 1 aliphatic heterocycles. The molecular formula is C12H20FNO3S. The van der Waals surface area contributed by atoms with Gasteiger partial charge in [0.05, 0.1) is 16.6 Å². The monoisotopic (exact) mass is 277 g/mol. The molecule has 1 heterocycles. The Hall–Kier alpha value is -0.750. The Morgan fingerprint density at radius 1 is 1.50 bits per heavy atom. The highest BCUT2D eigenvalue weighted by Gasteiger charge is 2.52. The van der Waals surface area contributed by atoms with Gasteiger partial charge in [0.15, 0.2) is 9.84 Å². The summed E-state index contributed by atoms with van der Waals surface area (Å²) in [6, 6.07) is 0. The lowest BCUT2D eigenvalue weighted by molar-refractivity contribution is 0.260. The van der Waals surface area contributed by atoms with Crippen LogP contribution in [-0.4, -0.2) is 41.9 Å². The molecule has 1 aliphatic rings. The third-order valence-electron chi connectivity index (χ3n) is 3.41. The van der Waals surface area contributed by atoms with Crippen molar-refractivity contribution in [3.8, 4) is 0 Å². The number of hydrogen-bond acceptors (Lipinski definition) is 4. The van der Waals surface area contributed by atoms with E-state index in [1.54, 1.807) is 20.8 Å². The highest BCUT2D eigenvalue weighted by atomic mass is 32.2. The fourth-order valence-electron chi connectivity index (χ4n) is 2.29. The van der Waals surface area contributed by atoms with Gasteiger partial charge in [-0.2, -0.15) is 0 Å². The number of aliphatic hydroxyl groups excluding tert-OH is 1. The van der Waals surface area contributed by atoms with Crippen molar-refractivity contribution in [3.63, 3.8) is 0 Å². The molecule has 0 fully saturated rings. The molecule has 4 nitrogen and oxygen atoms in total. The maximum absolute atomic E-state index is 13.1. The third kappa shape index (κ3) is 2.49. The van der Waals surface area contributed by atoms with Gasteiger partial charge in [-0.05, 0) is 27.2 Å². The van der Waals surface area contributed by atoms with Gasteiger partial charge in [0.25, 0.3) is 0 Å². The van der Waals surface area contributed by atoms with Crippen molar-refractivity contribution in [3.05, 3.63) is 12.4 Å². The molecule has 0 bridgehead atoms. The van der Waals surface area contributed by atoms with E-state index in [-0.39, 0.29) is 19.4 Å². The number of halogens is 1. The Balaban J connectivity index is 3.32. The lowest BCUT2D eigenvalue weighted by Crippen LogP contribution is -2.55. The van der Waals surface area contributed by atoms with Gasteiger partial charge in [0, 0.05) is 19.2 Å². The molecule has 0 aromatic carbocycles. The van der Waals surface area contributed by atoms with Crippen molar-refractivity contribution >= 4 is 16.1 Å². The highest BCUT2D eigenvalue weighted by molar-refractivity contribution is 7.94. The topological polar surface area (TPSA) is 66.7 Å². The van der Waals surface area contributed by atoms with Crippen molar-refractivity contribution in [1.29, 1.82) is 0 Å². The van der Waals surface area contributed by atoms with E-state index >= 15 is 0 Å². The lowest BCUT2D eigenvalue weighted by Gasteiger charge is -2.41. The summed E-state index contributed by atoms with van der Waals surface area (Å²) in [6.45, 7) is 7.60. The second-order valence-corrected chi connectivity index (χ2v) is 8.17. The van der Waals surface area contributed by atoms with Crippen LogP contribution in [0.15, 0.2) is 17.4 Å². The number of aliphatic hydroxyl groups is 1. The second kappa shape index (κ2) is 4.74. The van der Waals surface area contributed by atoms with Crippen LogP contribution in [0.1, 0.15) is 33.6 Å². The summed E-state index contributed by atoms with van der Waals surface area (Å²) in [6.07, 6.45) is 1.26. The highest BCUT2D eigenvalue weighted by Crippen LogP contribution is 2.39. The molecule has 0 aliphatic carbocycles. The average molecular weight is 277 g/mol. The third-order valence-corrected chi connectivity index (χ3v) is 6.48. The van der Waals surface area contributed by atoms with Crippen LogP contribution in [0, 0.1) is 0 Å². The fraction of sp³-hybridized carbons (Fsp3) is 0.750. The minimum atomic E-state index is -3.53. The van der Waals surface area contributed by atoms with Gasteiger partial charge >= 0.3 is 0 Å². The van der Waals surface area contributed by atoms with E-state index in [9.17, 15) is 12.8 Å². The molecular weight excluding hydrogens is 257 g/mol. The minimum absolute atomic E-state index is 0.0485. The van der Waals surface area contributed by atoms with E-state index in [4.69, 9.17) is 5.11 Å². The molecule has 0 radical (unpaired) electrons. The SMILES string of the molecule is C=C(F)C[C@@]1(C)N=CC(C)(C)S(=O)(=O)C1CCO. The molecule has 104 valence electrons. The standard InChI is InChI=1S/C12H20FNO3S/c1-9(13)7-12(4)10(5-6-15)18(16,17)11(2,3)8-14-12/h8,10,15H,1,5-7H2,2-4H3/t10?,12-/m1/s1. The number of sulfone groups is 1. The number of aliphatic imine (C=N–C) groups is 1. The van der Waals surface area contributed by atoms with Crippen LogP contribution < -0.4 is 0 Å². The van der Waals surface area contributed by atoms with Gasteiger partial charge in [-0.1, -0.05) is 6.58 Å². The molecule has 0 spiro atoms.